The molecule has 0 saturated carbocycles. The highest BCUT2D eigenvalue weighted by Crippen LogP contribution is 2.23. The van der Waals surface area contributed by atoms with Gasteiger partial charge in [-0.2, -0.15) is 0 Å². The van der Waals surface area contributed by atoms with Crippen molar-refractivity contribution < 1.29 is 18.4 Å². The Balaban J connectivity index is 1.43. The molecule has 4 aromatic rings. The quantitative estimate of drug-likeness (QED) is 0.512. The number of hydrogen-bond donors (Lipinski definition) is 2. The van der Waals surface area contributed by atoms with Gasteiger partial charge in [0.1, 0.15) is 29.4 Å². The van der Waals surface area contributed by atoms with E-state index in [1.54, 1.807) is 31.2 Å². The predicted molar refractivity (Wildman–Crippen MR) is 104 cm³/mol. The van der Waals surface area contributed by atoms with Crippen LogP contribution >= 0.6 is 0 Å². The van der Waals surface area contributed by atoms with E-state index in [4.69, 9.17) is 8.83 Å². The Morgan fingerprint density at radius 3 is 2.83 bits per heavy atom. The molecule has 1 unspecified atom stereocenters. The maximum Gasteiger partial charge on any atom is 0.297 e. The Kier molecular flexibility index (Phi) is 4.86. The molecule has 4 rings (SSSR count). The van der Waals surface area contributed by atoms with E-state index in [1.807, 2.05) is 12.1 Å². The summed E-state index contributed by atoms with van der Waals surface area (Å²) < 4.78 is 11.9. The maximum atomic E-state index is 12.6. The molecular weight excluding hydrogens is 376 g/mol. The number of carbonyl (C=O) groups excluding carboxylic acids is 2. The van der Waals surface area contributed by atoms with E-state index in [0.717, 1.165) is 9.95 Å². The topological polar surface area (TPSA) is 119 Å². The molecule has 2 N–H and O–H groups in total. The molecular formula is C20H18N4O5. The van der Waals surface area contributed by atoms with Crippen molar-refractivity contribution in [3.63, 3.8) is 0 Å². The number of nitrogens with zero attached hydrogens (tertiary/aromatic N) is 2. The summed E-state index contributed by atoms with van der Waals surface area (Å²) in [6.07, 6.45) is 2.81. The van der Waals surface area contributed by atoms with Gasteiger partial charge < -0.3 is 19.5 Å². The number of rotatable bonds is 6. The normalized spacial score (nSPS) is 12.2. The zero-order valence-corrected chi connectivity index (χ0v) is 15.5. The van der Waals surface area contributed by atoms with E-state index in [0.29, 0.717) is 16.9 Å². The first-order valence-corrected chi connectivity index (χ1v) is 8.99. The van der Waals surface area contributed by atoms with Crippen molar-refractivity contribution in [3.05, 3.63) is 65.1 Å². The van der Waals surface area contributed by atoms with Crippen LogP contribution in [0.25, 0.3) is 22.1 Å². The van der Waals surface area contributed by atoms with Crippen LogP contribution in [-0.2, 0) is 22.7 Å². The van der Waals surface area contributed by atoms with Gasteiger partial charge in [0, 0.05) is 5.39 Å². The highest BCUT2D eigenvalue weighted by atomic mass is 16.3. The molecule has 3 aromatic heterocycles. The average Bonchev–Trinajstić information content (AvgIpc) is 3.36. The molecule has 0 fully saturated rings. The summed E-state index contributed by atoms with van der Waals surface area (Å²) in [6.45, 7) is 1.49. The van der Waals surface area contributed by atoms with Crippen molar-refractivity contribution >= 4 is 33.9 Å². The SMILES string of the molecule is CC(NC(=O)Cn1cnc2c(oc3ccccc32)c1=O)C(=O)NCc1ccco1. The first-order chi connectivity index (χ1) is 14.0. The third kappa shape index (κ3) is 3.75. The van der Waals surface area contributed by atoms with Gasteiger partial charge in [-0.25, -0.2) is 4.98 Å². The standard InChI is InChI=1S/C20H18N4O5/c1-12(19(26)21-9-13-5-4-8-28-13)23-16(25)10-24-11-22-17-14-6-2-3-7-15(14)29-18(17)20(24)27/h2-8,11-12H,9-10H2,1H3,(H,21,26)(H,23,25). The largest absolute Gasteiger partial charge is 0.467 e. The van der Waals surface area contributed by atoms with E-state index in [1.165, 1.54) is 12.6 Å². The minimum Gasteiger partial charge on any atom is -0.467 e. The molecule has 0 aliphatic carbocycles. The van der Waals surface area contributed by atoms with Gasteiger partial charge in [-0.3, -0.25) is 19.0 Å². The van der Waals surface area contributed by atoms with E-state index in [-0.39, 0.29) is 24.6 Å². The Labute approximate surface area is 164 Å². The molecule has 0 saturated heterocycles. The molecule has 9 nitrogen and oxygen atoms in total. The van der Waals surface area contributed by atoms with Crippen LogP contribution in [0.4, 0.5) is 0 Å². The summed E-state index contributed by atoms with van der Waals surface area (Å²) in [5.41, 5.74) is 0.631. The van der Waals surface area contributed by atoms with Crippen LogP contribution in [0.15, 0.2) is 62.6 Å². The van der Waals surface area contributed by atoms with Crippen LogP contribution in [-0.4, -0.2) is 27.4 Å². The van der Waals surface area contributed by atoms with Gasteiger partial charge in [-0.05, 0) is 31.2 Å². The summed E-state index contributed by atoms with van der Waals surface area (Å²) in [5.74, 6) is -0.258. The zero-order chi connectivity index (χ0) is 20.4. The second kappa shape index (κ2) is 7.63. The van der Waals surface area contributed by atoms with Gasteiger partial charge >= 0.3 is 0 Å². The summed E-state index contributed by atoms with van der Waals surface area (Å²) in [4.78, 5) is 41.3. The molecule has 29 heavy (non-hydrogen) atoms. The van der Waals surface area contributed by atoms with Crippen LogP contribution in [0.2, 0.25) is 0 Å². The maximum absolute atomic E-state index is 12.6. The lowest BCUT2D eigenvalue weighted by Gasteiger charge is -2.14. The van der Waals surface area contributed by atoms with Crippen LogP contribution in [0.3, 0.4) is 0 Å². The number of carbonyl (C=O) groups is 2. The zero-order valence-electron chi connectivity index (χ0n) is 15.5. The molecule has 1 aromatic carbocycles. The van der Waals surface area contributed by atoms with Crippen LogP contribution in [0.5, 0.6) is 0 Å². The minimum atomic E-state index is -0.781. The van der Waals surface area contributed by atoms with Gasteiger partial charge in [0.2, 0.25) is 17.4 Å². The Morgan fingerprint density at radius 2 is 2.03 bits per heavy atom. The molecule has 2 amide bonds. The second-order valence-electron chi connectivity index (χ2n) is 6.54. The van der Waals surface area contributed by atoms with Crippen molar-refractivity contribution in [3.8, 4) is 0 Å². The number of para-hydroxylation sites is 1. The number of aromatic nitrogens is 2. The first-order valence-electron chi connectivity index (χ1n) is 8.99. The number of nitrogens with one attached hydrogen (secondary N) is 2. The van der Waals surface area contributed by atoms with Crippen molar-refractivity contribution in [2.24, 2.45) is 0 Å². The van der Waals surface area contributed by atoms with Crippen molar-refractivity contribution in [2.75, 3.05) is 0 Å². The fourth-order valence-corrected chi connectivity index (χ4v) is 2.98. The molecule has 148 valence electrons. The van der Waals surface area contributed by atoms with Gasteiger partial charge in [0.05, 0.1) is 19.1 Å². The third-order valence-electron chi connectivity index (χ3n) is 4.45. The van der Waals surface area contributed by atoms with Crippen LogP contribution < -0.4 is 16.2 Å². The average molecular weight is 394 g/mol. The van der Waals surface area contributed by atoms with E-state index in [2.05, 4.69) is 15.6 Å². The minimum absolute atomic E-state index is 0.0886. The van der Waals surface area contributed by atoms with Crippen LogP contribution in [0.1, 0.15) is 12.7 Å². The monoisotopic (exact) mass is 394 g/mol. The number of amides is 2. The number of furan rings is 2. The molecule has 0 radical (unpaired) electrons. The molecule has 3 heterocycles. The molecule has 0 bridgehead atoms. The summed E-state index contributed by atoms with van der Waals surface area (Å²) in [7, 11) is 0. The van der Waals surface area contributed by atoms with Crippen molar-refractivity contribution in [2.45, 2.75) is 26.1 Å². The fraction of sp³-hybridized carbons (Fsp3) is 0.200. The predicted octanol–water partition coefficient (Wildman–Crippen LogP) is 1.56. The summed E-state index contributed by atoms with van der Waals surface area (Å²) in [5, 5.41) is 5.96. The summed E-state index contributed by atoms with van der Waals surface area (Å²) in [6, 6.07) is 9.86. The van der Waals surface area contributed by atoms with Gasteiger partial charge in [-0.15, -0.1) is 0 Å². The second-order valence-corrected chi connectivity index (χ2v) is 6.54. The van der Waals surface area contributed by atoms with Gasteiger partial charge in [0.25, 0.3) is 5.56 Å². The summed E-state index contributed by atoms with van der Waals surface area (Å²) >= 11 is 0. The van der Waals surface area contributed by atoms with Gasteiger partial charge in [0.15, 0.2) is 0 Å². The van der Waals surface area contributed by atoms with Gasteiger partial charge in [-0.1, -0.05) is 12.1 Å². The lowest BCUT2D eigenvalue weighted by molar-refractivity contribution is -0.129. The fourth-order valence-electron chi connectivity index (χ4n) is 2.98. The van der Waals surface area contributed by atoms with Crippen molar-refractivity contribution in [1.29, 1.82) is 0 Å². The lowest BCUT2D eigenvalue weighted by Crippen LogP contribution is -2.46. The smallest absolute Gasteiger partial charge is 0.297 e. The molecule has 1 atom stereocenters. The number of fused-ring (bicyclic) bond motifs is 3. The highest BCUT2D eigenvalue weighted by molar-refractivity contribution is 6.01. The Morgan fingerprint density at radius 1 is 1.21 bits per heavy atom. The highest BCUT2D eigenvalue weighted by Gasteiger charge is 2.18. The third-order valence-corrected chi connectivity index (χ3v) is 4.45. The molecule has 9 heteroatoms. The number of hydrogen-bond acceptors (Lipinski definition) is 6. The first kappa shape index (κ1) is 18.5. The molecule has 0 aliphatic rings. The van der Waals surface area contributed by atoms with E-state index >= 15 is 0 Å². The molecule has 0 aliphatic heterocycles. The van der Waals surface area contributed by atoms with Crippen LogP contribution in [0, 0.1) is 0 Å². The Bertz CT molecular complexity index is 1240. The van der Waals surface area contributed by atoms with Crippen molar-refractivity contribution in [1.82, 2.24) is 20.2 Å². The van der Waals surface area contributed by atoms with E-state index < -0.39 is 17.5 Å². The lowest BCUT2D eigenvalue weighted by atomic mass is 10.2. The number of benzene rings is 1. The Hall–Kier alpha value is -3.88. The molecule has 0 spiro atoms. The van der Waals surface area contributed by atoms with E-state index in [9.17, 15) is 14.4 Å².